The second kappa shape index (κ2) is 7.04. The predicted octanol–water partition coefficient (Wildman–Crippen LogP) is -0.769. The Morgan fingerprint density at radius 1 is 1.19 bits per heavy atom. The quantitative estimate of drug-likeness (QED) is 0.713. The van der Waals surface area contributed by atoms with Crippen molar-refractivity contribution in [3.05, 3.63) is 0 Å². The fraction of sp³-hybridized carbons (Fsp3) is 0.923. The Morgan fingerprint density at radius 3 is 2.33 bits per heavy atom. The van der Waals surface area contributed by atoms with Gasteiger partial charge in [0.2, 0.25) is 5.91 Å². The van der Waals surface area contributed by atoms with Gasteiger partial charge < -0.3 is 10.2 Å². The van der Waals surface area contributed by atoms with Gasteiger partial charge in [0.05, 0.1) is 6.54 Å². The average molecular weight is 318 g/mol. The molecule has 7 nitrogen and oxygen atoms in total. The standard InChI is InChI=1S/C13H26N4O3S/c1-11-7-12(2)10-17(9-11)21(19,20)15-8-13(18)16-5-3-14-4-6-16/h11-12,14-15H,3-10H2,1-2H3. The van der Waals surface area contributed by atoms with Crippen LogP contribution in [-0.4, -0.2) is 69.3 Å². The summed E-state index contributed by atoms with van der Waals surface area (Å²) in [5.41, 5.74) is 0. The highest BCUT2D eigenvalue weighted by atomic mass is 32.2. The smallest absolute Gasteiger partial charge is 0.279 e. The minimum absolute atomic E-state index is 0.151. The summed E-state index contributed by atoms with van der Waals surface area (Å²) >= 11 is 0. The molecular formula is C13H26N4O3S. The van der Waals surface area contributed by atoms with Crippen LogP contribution in [-0.2, 0) is 15.0 Å². The van der Waals surface area contributed by atoms with Crippen molar-refractivity contribution < 1.29 is 13.2 Å². The van der Waals surface area contributed by atoms with E-state index in [9.17, 15) is 13.2 Å². The zero-order valence-electron chi connectivity index (χ0n) is 12.8. The first-order chi connectivity index (χ1) is 9.88. The van der Waals surface area contributed by atoms with Gasteiger partial charge in [0, 0.05) is 39.3 Å². The van der Waals surface area contributed by atoms with Crippen LogP contribution in [0.3, 0.4) is 0 Å². The third kappa shape index (κ3) is 4.64. The maximum Gasteiger partial charge on any atom is 0.279 e. The molecule has 0 aliphatic carbocycles. The number of carbonyl (C=O) groups excluding carboxylic acids is 1. The van der Waals surface area contributed by atoms with Crippen LogP contribution in [0.1, 0.15) is 20.3 Å². The van der Waals surface area contributed by atoms with Gasteiger partial charge in [0.1, 0.15) is 0 Å². The van der Waals surface area contributed by atoms with Gasteiger partial charge in [-0.25, -0.2) is 0 Å². The lowest BCUT2D eigenvalue weighted by atomic mass is 9.94. The van der Waals surface area contributed by atoms with E-state index in [0.29, 0.717) is 38.0 Å². The molecule has 122 valence electrons. The molecule has 0 bridgehead atoms. The molecule has 0 aromatic rings. The lowest BCUT2D eigenvalue weighted by Gasteiger charge is -2.34. The number of rotatable bonds is 4. The van der Waals surface area contributed by atoms with Crippen molar-refractivity contribution in [3.8, 4) is 0 Å². The minimum Gasteiger partial charge on any atom is -0.339 e. The van der Waals surface area contributed by atoms with Crippen LogP contribution in [0, 0.1) is 11.8 Å². The van der Waals surface area contributed by atoms with E-state index in [2.05, 4.69) is 23.9 Å². The topological polar surface area (TPSA) is 81.8 Å². The highest BCUT2D eigenvalue weighted by Crippen LogP contribution is 2.22. The van der Waals surface area contributed by atoms with Gasteiger partial charge in [-0.1, -0.05) is 13.8 Å². The van der Waals surface area contributed by atoms with Gasteiger partial charge in [0.25, 0.3) is 10.2 Å². The van der Waals surface area contributed by atoms with E-state index in [4.69, 9.17) is 0 Å². The molecule has 0 aromatic carbocycles. The molecule has 2 atom stereocenters. The molecule has 1 amide bonds. The van der Waals surface area contributed by atoms with Crippen molar-refractivity contribution in [3.63, 3.8) is 0 Å². The molecule has 0 spiro atoms. The Morgan fingerprint density at radius 2 is 1.76 bits per heavy atom. The van der Waals surface area contributed by atoms with Crippen molar-refractivity contribution in [1.82, 2.24) is 19.2 Å². The van der Waals surface area contributed by atoms with Gasteiger partial charge in [-0.05, 0) is 18.3 Å². The Labute approximate surface area is 127 Å². The summed E-state index contributed by atoms with van der Waals surface area (Å²) in [4.78, 5) is 13.7. The molecule has 2 heterocycles. The van der Waals surface area contributed by atoms with Crippen LogP contribution < -0.4 is 10.0 Å². The van der Waals surface area contributed by atoms with Crippen LogP contribution in [0.15, 0.2) is 0 Å². The summed E-state index contributed by atoms with van der Waals surface area (Å²) in [6.45, 7) is 7.83. The first kappa shape index (κ1) is 16.7. The minimum atomic E-state index is -3.56. The molecule has 2 N–H and O–H groups in total. The molecule has 0 aromatic heterocycles. The average Bonchev–Trinajstić information content (AvgIpc) is 2.45. The summed E-state index contributed by atoms with van der Waals surface area (Å²) in [6.07, 6.45) is 1.05. The van der Waals surface area contributed by atoms with E-state index in [1.165, 1.54) is 4.31 Å². The van der Waals surface area contributed by atoms with E-state index in [1.54, 1.807) is 4.90 Å². The summed E-state index contributed by atoms with van der Waals surface area (Å²) in [6, 6.07) is 0. The zero-order chi connectivity index (χ0) is 15.5. The van der Waals surface area contributed by atoms with E-state index >= 15 is 0 Å². The van der Waals surface area contributed by atoms with Gasteiger partial charge in [-0.15, -0.1) is 0 Å². The number of nitrogens with one attached hydrogen (secondary N) is 2. The largest absolute Gasteiger partial charge is 0.339 e. The molecule has 2 saturated heterocycles. The first-order valence-electron chi connectivity index (χ1n) is 7.61. The maximum absolute atomic E-state index is 12.3. The Bertz CT molecular complexity index is 452. The van der Waals surface area contributed by atoms with Crippen molar-refractivity contribution in [2.24, 2.45) is 11.8 Å². The normalized spacial score (nSPS) is 28.6. The Hall–Kier alpha value is -0.700. The number of hydrogen-bond acceptors (Lipinski definition) is 4. The van der Waals surface area contributed by atoms with Gasteiger partial charge in [0.15, 0.2) is 0 Å². The fourth-order valence-corrected chi connectivity index (χ4v) is 4.46. The van der Waals surface area contributed by atoms with Crippen molar-refractivity contribution in [2.75, 3.05) is 45.8 Å². The number of amides is 1. The van der Waals surface area contributed by atoms with Crippen LogP contribution >= 0.6 is 0 Å². The van der Waals surface area contributed by atoms with Gasteiger partial charge >= 0.3 is 0 Å². The lowest BCUT2D eigenvalue weighted by Crippen LogP contribution is -2.52. The van der Waals surface area contributed by atoms with Crippen LogP contribution in [0.4, 0.5) is 0 Å². The summed E-state index contributed by atoms with van der Waals surface area (Å²) < 4.78 is 28.5. The van der Waals surface area contributed by atoms with Crippen molar-refractivity contribution >= 4 is 16.1 Å². The van der Waals surface area contributed by atoms with E-state index in [0.717, 1.165) is 19.5 Å². The molecule has 2 aliphatic heterocycles. The highest BCUT2D eigenvalue weighted by Gasteiger charge is 2.31. The van der Waals surface area contributed by atoms with E-state index < -0.39 is 10.2 Å². The van der Waals surface area contributed by atoms with E-state index in [-0.39, 0.29) is 12.5 Å². The molecule has 0 saturated carbocycles. The second-order valence-electron chi connectivity index (χ2n) is 6.22. The first-order valence-corrected chi connectivity index (χ1v) is 9.05. The molecular weight excluding hydrogens is 292 g/mol. The lowest BCUT2D eigenvalue weighted by molar-refractivity contribution is -0.130. The number of carbonyl (C=O) groups is 1. The van der Waals surface area contributed by atoms with E-state index in [1.807, 2.05) is 0 Å². The SMILES string of the molecule is CC1CC(C)CN(S(=O)(=O)NCC(=O)N2CCNCC2)C1. The molecule has 21 heavy (non-hydrogen) atoms. The molecule has 2 aliphatic rings. The van der Waals surface area contributed by atoms with Crippen molar-refractivity contribution in [1.29, 1.82) is 0 Å². The fourth-order valence-electron chi connectivity index (χ4n) is 3.07. The second-order valence-corrected chi connectivity index (χ2v) is 7.98. The van der Waals surface area contributed by atoms with Crippen LogP contribution in [0.2, 0.25) is 0 Å². The summed E-state index contributed by atoms with van der Waals surface area (Å²) in [5.74, 6) is 0.557. The number of piperidine rings is 1. The third-order valence-corrected chi connectivity index (χ3v) is 5.54. The van der Waals surface area contributed by atoms with Crippen LogP contribution in [0.5, 0.6) is 0 Å². The number of piperazine rings is 1. The maximum atomic E-state index is 12.3. The third-order valence-electron chi connectivity index (χ3n) is 4.05. The molecule has 8 heteroatoms. The monoisotopic (exact) mass is 318 g/mol. The molecule has 0 radical (unpaired) electrons. The Kier molecular flexibility index (Phi) is 5.59. The van der Waals surface area contributed by atoms with Crippen LogP contribution in [0.25, 0.3) is 0 Å². The number of hydrogen-bond donors (Lipinski definition) is 2. The van der Waals surface area contributed by atoms with Crippen molar-refractivity contribution in [2.45, 2.75) is 20.3 Å². The summed E-state index contributed by atoms with van der Waals surface area (Å²) in [5, 5.41) is 3.16. The molecule has 2 unspecified atom stereocenters. The summed E-state index contributed by atoms with van der Waals surface area (Å²) in [7, 11) is -3.56. The molecule has 2 fully saturated rings. The Balaban J connectivity index is 1.87. The number of nitrogens with zero attached hydrogens (tertiary/aromatic N) is 2. The molecule has 2 rings (SSSR count). The van der Waals surface area contributed by atoms with Gasteiger partial charge in [-0.2, -0.15) is 17.4 Å². The van der Waals surface area contributed by atoms with Gasteiger partial charge in [-0.3, -0.25) is 4.79 Å². The predicted molar refractivity (Wildman–Crippen MR) is 80.9 cm³/mol. The zero-order valence-corrected chi connectivity index (χ0v) is 13.7. The highest BCUT2D eigenvalue weighted by molar-refractivity contribution is 7.87.